The first-order chi connectivity index (χ1) is 6.50. The van der Waals surface area contributed by atoms with Crippen molar-refractivity contribution in [3.05, 3.63) is 0 Å². The van der Waals surface area contributed by atoms with Crippen molar-refractivity contribution in [1.29, 1.82) is 0 Å². The summed E-state index contributed by atoms with van der Waals surface area (Å²) >= 11 is 0. The van der Waals surface area contributed by atoms with Gasteiger partial charge >= 0.3 is 6.43 Å². The lowest BCUT2D eigenvalue weighted by Gasteiger charge is -2.35. The summed E-state index contributed by atoms with van der Waals surface area (Å²) in [6, 6.07) is 0.245. The maximum Gasteiger partial charge on any atom is 0.315 e. The van der Waals surface area contributed by atoms with Crippen molar-refractivity contribution in [2.75, 3.05) is 13.6 Å². The van der Waals surface area contributed by atoms with Crippen LogP contribution >= 0.6 is 0 Å². The molecule has 0 saturated carbocycles. The van der Waals surface area contributed by atoms with Crippen LogP contribution in [-0.2, 0) is 4.79 Å². The van der Waals surface area contributed by atoms with Crippen molar-refractivity contribution in [2.24, 2.45) is 0 Å². The third-order valence-corrected chi connectivity index (χ3v) is 2.75. The highest BCUT2D eigenvalue weighted by Crippen LogP contribution is 2.15. The molecule has 1 fully saturated rings. The van der Waals surface area contributed by atoms with Crippen molar-refractivity contribution in [3.63, 3.8) is 0 Å². The molecule has 0 aromatic heterocycles. The van der Waals surface area contributed by atoms with Crippen LogP contribution in [0.5, 0.6) is 0 Å². The topological polar surface area (TPSA) is 32.3 Å². The molecule has 1 rings (SSSR count). The van der Waals surface area contributed by atoms with Gasteiger partial charge in [0.1, 0.15) is 0 Å². The van der Waals surface area contributed by atoms with Crippen molar-refractivity contribution in [3.8, 4) is 0 Å². The van der Waals surface area contributed by atoms with E-state index in [2.05, 4.69) is 10.2 Å². The SMILES string of the molecule is CC1CC(NC(=O)C(F)F)CCN1C. The molecule has 2 atom stereocenters. The molecule has 14 heavy (non-hydrogen) atoms. The number of hydrogen-bond donors (Lipinski definition) is 1. The lowest BCUT2D eigenvalue weighted by molar-refractivity contribution is -0.132. The fourth-order valence-electron chi connectivity index (χ4n) is 1.68. The molecule has 0 aromatic carbocycles. The molecule has 1 aliphatic heterocycles. The van der Waals surface area contributed by atoms with Gasteiger partial charge in [0.15, 0.2) is 0 Å². The predicted molar refractivity (Wildman–Crippen MR) is 49.3 cm³/mol. The molecule has 0 radical (unpaired) electrons. The molecule has 0 spiro atoms. The largest absolute Gasteiger partial charge is 0.348 e. The summed E-state index contributed by atoms with van der Waals surface area (Å²) in [4.78, 5) is 12.9. The van der Waals surface area contributed by atoms with Crippen LogP contribution in [0.3, 0.4) is 0 Å². The second kappa shape index (κ2) is 4.68. The first-order valence-electron chi connectivity index (χ1n) is 4.79. The number of piperidine rings is 1. The van der Waals surface area contributed by atoms with Crippen LogP contribution in [0, 0.1) is 0 Å². The molecule has 5 heteroatoms. The van der Waals surface area contributed by atoms with E-state index in [1.165, 1.54) is 0 Å². The Bertz CT molecular complexity index is 211. The van der Waals surface area contributed by atoms with E-state index in [1.54, 1.807) is 0 Å². The Morgan fingerprint density at radius 3 is 2.71 bits per heavy atom. The monoisotopic (exact) mass is 206 g/mol. The molecular formula is C9H16F2N2O. The third kappa shape index (κ3) is 2.90. The number of rotatable bonds is 2. The minimum Gasteiger partial charge on any atom is -0.348 e. The lowest BCUT2D eigenvalue weighted by Crippen LogP contribution is -2.48. The van der Waals surface area contributed by atoms with Gasteiger partial charge < -0.3 is 10.2 Å². The number of carbonyl (C=O) groups excluding carboxylic acids is 1. The van der Waals surface area contributed by atoms with E-state index in [4.69, 9.17) is 0 Å². The van der Waals surface area contributed by atoms with Gasteiger partial charge in [0.2, 0.25) is 0 Å². The Morgan fingerprint density at radius 2 is 2.21 bits per heavy atom. The summed E-state index contributed by atoms with van der Waals surface area (Å²) in [5, 5.41) is 2.35. The van der Waals surface area contributed by atoms with Crippen molar-refractivity contribution in [1.82, 2.24) is 10.2 Å². The van der Waals surface area contributed by atoms with Crippen molar-refractivity contribution < 1.29 is 13.6 Å². The van der Waals surface area contributed by atoms with Crippen molar-refractivity contribution >= 4 is 5.91 Å². The third-order valence-electron chi connectivity index (χ3n) is 2.75. The average Bonchev–Trinajstić information content (AvgIpc) is 2.11. The smallest absolute Gasteiger partial charge is 0.315 e. The Hall–Kier alpha value is -0.710. The van der Waals surface area contributed by atoms with Gasteiger partial charge in [-0.3, -0.25) is 4.79 Å². The Labute approximate surface area is 82.5 Å². The minimum atomic E-state index is -2.90. The minimum absolute atomic E-state index is 0.0947. The molecule has 1 amide bonds. The highest BCUT2D eigenvalue weighted by atomic mass is 19.3. The number of likely N-dealkylation sites (tertiary alicyclic amines) is 1. The fourth-order valence-corrected chi connectivity index (χ4v) is 1.68. The predicted octanol–water partition coefficient (Wildman–Crippen LogP) is 0.850. The number of halogens is 2. The molecule has 0 aromatic rings. The second-order valence-electron chi connectivity index (χ2n) is 3.86. The van der Waals surface area contributed by atoms with Gasteiger partial charge in [-0.15, -0.1) is 0 Å². The van der Waals surface area contributed by atoms with E-state index in [-0.39, 0.29) is 6.04 Å². The number of carbonyl (C=O) groups is 1. The summed E-state index contributed by atoms with van der Waals surface area (Å²) < 4.78 is 23.9. The van der Waals surface area contributed by atoms with Crippen LogP contribution in [0.15, 0.2) is 0 Å². The van der Waals surface area contributed by atoms with Gasteiger partial charge in [0, 0.05) is 18.6 Å². The quantitative estimate of drug-likeness (QED) is 0.726. The van der Waals surface area contributed by atoms with Gasteiger partial charge in [0.25, 0.3) is 5.91 Å². The van der Waals surface area contributed by atoms with E-state index in [0.717, 1.165) is 19.4 Å². The van der Waals surface area contributed by atoms with Gasteiger partial charge in [-0.05, 0) is 26.8 Å². The summed E-state index contributed by atoms with van der Waals surface area (Å²) in [6.45, 7) is 2.87. The first-order valence-corrected chi connectivity index (χ1v) is 4.79. The number of nitrogens with zero attached hydrogens (tertiary/aromatic N) is 1. The maximum atomic E-state index is 11.9. The molecule has 1 saturated heterocycles. The number of nitrogens with one attached hydrogen (secondary N) is 1. The Kier molecular flexibility index (Phi) is 3.80. The van der Waals surface area contributed by atoms with Gasteiger partial charge in [-0.25, -0.2) is 0 Å². The van der Waals surface area contributed by atoms with Crippen LogP contribution < -0.4 is 5.32 Å². The zero-order valence-corrected chi connectivity index (χ0v) is 8.46. The highest BCUT2D eigenvalue weighted by Gasteiger charge is 2.26. The zero-order chi connectivity index (χ0) is 10.7. The van der Waals surface area contributed by atoms with E-state index < -0.39 is 12.3 Å². The summed E-state index contributed by atoms with van der Waals surface area (Å²) in [5.74, 6) is -1.15. The average molecular weight is 206 g/mol. The molecule has 1 heterocycles. The number of alkyl halides is 2. The van der Waals surface area contributed by atoms with E-state index in [0.29, 0.717) is 6.04 Å². The lowest BCUT2D eigenvalue weighted by atomic mass is 9.99. The maximum absolute atomic E-state index is 11.9. The van der Waals surface area contributed by atoms with Crippen molar-refractivity contribution in [2.45, 2.75) is 38.3 Å². The van der Waals surface area contributed by atoms with Gasteiger partial charge in [0.05, 0.1) is 0 Å². The summed E-state index contributed by atoms with van der Waals surface area (Å²) in [5.41, 5.74) is 0. The molecule has 2 unspecified atom stereocenters. The fraction of sp³-hybridized carbons (Fsp3) is 0.889. The molecular weight excluding hydrogens is 190 g/mol. The summed E-state index contributed by atoms with van der Waals surface area (Å²) in [7, 11) is 2.00. The highest BCUT2D eigenvalue weighted by molar-refractivity contribution is 5.79. The van der Waals surface area contributed by atoms with Crippen LogP contribution in [0.4, 0.5) is 8.78 Å². The molecule has 1 aliphatic rings. The Morgan fingerprint density at radius 1 is 1.57 bits per heavy atom. The van der Waals surface area contributed by atoms with E-state index >= 15 is 0 Å². The molecule has 0 aliphatic carbocycles. The normalized spacial score (nSPS) is 29.2. The van der Waals surface area contributed by atoms with E-state index in [9.17, 15) is 13.6 Å². The molecule has 0 bridgehead atoms. The van der Waals surface area contributed by atoms with Crippen LogP contribution in [-0.4, -0.2) is 42.9 Å². The Balaban J connectivity index is 2.37. The molecule has 1 N–H and O–H groups in total. The number of hydrogen-bond acceptors (Lipinski definition) is 2. The van der Waals surface area contributed by atoms with E-state index in [1.807, 2.05) is 14.0 Å². The van der Waals surface area contributed by atoms with Gasteiger partial charge in [-0.2, -0.15) is 8.78 Å². The number of amides is 1. The van der Waals surface area contributed by atoms with Crippen LogP contribution in [0.2, 0.25) is 0 Å². The van der Waals surface area contributed by atoms with Crippen LogP contribution in [0.25, 0.3) is 0 Å². The zero-order valence-electron chi connectivity index (χ0n) is 8.46. The van der Waals surface area contributed by atoms with Gasteiger partial charge in [-0.1, -0.05) is 0 Å². The summed E-state index contributed by atoms with van der Waals surface area (Å²) in [6.07, 6.45) is -1.40. The molecule has 82 valence electrons. The second-order valence-corrected chi connectivity index (χ2v) is 3.86. The molecule has 3 nitrogen and oxygen atoms in total. The first kappa shape index (κ1) is 11.4. The van der Waals surface area contributed by atoms with Crippen LogP contribution in [0.1, 0.15) is 19.8 Å². The standard InChI is InChI=1S/C9H16F2N2O/c1-6-5-7(3-4-13(6)2)12-9(14)8(10)11/h6-8H,3-5H2,1-2H3,(H,12,14).